The molecule has 0 aromatic heterocycles. The molecule has 2 aliphatic rings. The molecule has 0 aliphatic carbocycles. The maximum atomic E-state index is 14.7. The van der Waals surface area contributed by atoms with Crippen LogP contribution in [0.4, 0.5) is 0 Å². The normalized spacial score (nSPS) is 20.4. The predicted molar refractivity (Wildman–Crippen MR) is 394 cm³/mol. The maximum absolute atomic E-state index is 14.7. The van der Waals surface area contributed by atoms with Crippen LogP contribution in [0, 0.1) is 0 Å². The van der Waals surface area contributed by atoms with Gasteiger partial charge in [-0.05, 0) is 44.9 Å². The third-order valence-electron chi connectivity index (χ3n) is 19.6. The van der Waals surface area contributed by atoms with Crippen LogP contribution < -0.4 is 0 Å². The van der Waals surface area contributed by atoms with E-state index < -0.39 is 116 Å². The number of aliphatic hydroxyl groups excluding tert-OH is 1. The first-order valence-electron chi connectivity index (χ1n) is 41.7. The summed E-state index contributed by atoms with van der Waals surface area (Å²) in [5.74, 6) is -7.02. The Hall–Kier alpha value is -3.87. The van der Waals surface area contributed by atoms with Crippen LogP contribution in [0.25, 0.3) is 0 Å². The summed E-state index contributed by atoms with van der Waals surface area (Å²) in [4.78, 5) is 101. The lowest BCUT2D eigenvalue weighted by Crippen LogP contribution is -2.65. The van der Waals surface area contributed by atoms with E-state index in [0.29, 0.717) is 44.9 Å². The highest BCUT2D eigenvalue weighted by molar-refractivity contribution is 5.73. The van der Waals surface area contributed by atoms with Gasteiger partial charge in [0.2, 0.25) is 12.1 Å². The first-order chi connectivity index (χ1) is 48.8. The molecule has 584 valence electrons. The first-order valence-corrected chi connectivity index (χ1v) is 41.7. The van der Waals surface area contributed by atoms with Gasteiger partial charge >= 0.3 is 41.8 Å². The number of rotatable bonds is 68. The van der Waals surface area contributed by atoms with Crippen molar-refractivity contribution in [2.75, 3.05) is 19.8 Å². The monoisotopic (exact) mass is 1420 g/mol. The van der Waals surface area contributed by atoms with Crippen LogP contribution in [0.1, 0.15) is 408 Å². The minimum atomic E-state index is -2.51. The molecule has 0 amide bonds. The Morgan fingerprint density at radius 2 is 0.550 bits per heavy atom. The van der Waals surface area contributed by atoms with Gasteiger partial charge in [0, 0.05) is 44.9 Å². The van der Waals surface area contributed by atoms with Crippen LogP contribution in [-0.4, -0.2) is 122 Å². The molecular weight excluding hydrogens is 1270 g/mol. The number of hydrogen-bond acceptors (Lipinski definition) is 18. The Morgan fingerprint density at radius 3 is 0.870 bits per heavy atom. The highest BCUT2D eigenvalue weighted by atomic mass is 16.8. The molecule has 18 heteroatoms. The Morgan fingerprint density at radius 1 is 0.290 bits per heavy atom. The molecule has 0 saturated carbocycles. The summed E-state index contributed by atoms with van der Waals surface area (Å²) in [6.07, 6.45) is 32.7. The second-order valence-electron chi connectivity index (χ2n) is 29.0. The predicted octanol–water partition coefficient (Wildman–Crippen LogP) is 20.4. The van der Waals surface area contributed by atoms with Gasteiger partial charge in [-0.2, -0.15) is 0 Å². The maximum Gasteiger partial charge on any atom is 0.306 e. The Kier molecular flexibility index (Phi) is 57.6. The third-order valence-corrected chi connectivity index (χ3v) is 19.6. The summed E-state index contributed by atoms with van der Waals surface area (Å²) in [7, 11) is 0. The van der Waals surface area contributed by atoms with Gasteiger partial charge in [-0.25, -0.2) is 0 Å². The fourth-order valence-electron chi connectivity index (χ4n) is 13.4. The van der Waals surface area contributed by atoms with Crippen LogP contribution in [0.5, 0.6) is 0 Å². The van der Waals surface area contributed by atoms with Crippen LogP contribution >= 0.6 is 0 Å². The van der Waals surface area contributed by atoms with Gasteiger partial charge in [0.25, 0.3) is 0 Å². The molecule has 0 bridgehead atoms. The van der Waals surface area contributed by atoms with Crippen molar-refractivity contribution in [1.82, 2.24) is 0 Å². The topological polar surface area (TPSA) is 232 Å². The molecule has 1 N–H and O–H groups in total. The van der Waals surface area contributed by atoms with Gasteiger partial charge in [0.05, 0.1) is 6.61 Å². The SMILES string of the molecule is CCCCCCCCCC(=O)OC[C@H]1O[C@@](COC(=O)CCCCCCCCC)(O[C@H]2O[C@H](CO)[C@@H](OC(=O)CCCCCCCCC)[C@H](OC(=O)CCCCCCCCC)[C@H]2OC(=O)CCCCCCCCC)[C@@H](OC(=O)CCCCCCCCC)[C@@H]1OC(=O)CCCCCCCCC. The Labute approximate surface area is 607 Å². The van der Waals surface area contributed by atoms with Gasteiger partial charge in [-0.15, -0.1) is 0 Å². The molecule has 0 aromatic carbocycles. The van der Waals surface area contributed by atoms with E-state index in [-0.39, 0.29) is 44.9 Å². The lowest BCUT2D eigenvalue weighted by Gasteiger charge is -2.46. The van der Waals surface area contributed by atoms with E-state index in [2.05, 4.69) is 48.5 Å². The van der Waals surface area contributed by atoms with E-state index in [9.17, 15) is 38.7 Å². The van der Waals surface area contributed by atoms with Crippen molar-refractivity contribution in [3.8, 4) is 0 Å². The van der Waals surface area contributed by atoms with Crippen molar-refractivity contribution in [3.63, 3.8) is 0 Å². The molecule has 2 heterocycles. The summed E-state index contributed by atoms with van der Waals surface area (Å²) in [5.41, 5.74) is 0. The molecule has 2 aliphatic heterocycles. The standard InChI is InChI=1S/C82H148O18/c1-8-15-22-29-36-43-50-57-69(84)91-65-68-77(95-72(87)60-53-46-39-32-25-18-11-4)80(98-75(90)63-56-49-42-35-28-21-14-7)82(99-68,66-92-70(85)58-51-44-37-30-23-16-9-2)100-81-79(97-74(89)62-55-48-41-34-27-20-13-6)78(96-73(88)61-54-47-40-33-26-19-12-5)76(67(64-83)93-81)94-71(86)59-52-45-38-31-24-17-10-3/h67-68,76-81,83H,8-66H2,1-7H3/t67-,68-,76-,77-,78+,79-,80+,81-,82+/m1/s1. The molecule has 9 atom stereocenters. The van der Waals surface area contributed by atoms with E-state index in [0.717, 1.165) is 270 Å². The van der Waals surface area contributed by atoms with Gasteiger partial charge in [-0.1, -0.05) is 318 Å². The largest absolute Gasteiger partial charge is 0.463 e. The van der Waals surface area contributed by atoms with Crippen molar-refractivity contribution in [2.45, 2.75) is 463 Å². The molecule has 18 nitrogen and oxygen atoms in total. The Balaban J connectivity index is 3.02. The minimum Gasteiger partial charge on any atom is -0.463 e. The fraction of sp³-hybridized carbons (Fsp3) is 0.915. The third kappa shape index (κ3) is 44.1. The fourth-order valence-corrected chi connectivity index (χ4v) is 13.4. The number of esters is 7. The van der Waals surface area contributed by atoms with Gasteiger partial charge in [0.15, 0.2) is 30.5 Å². The highest BCUT2D eigenvalue weighted by Gasteiger charge is 2.65. The van der Waals surface area contributed by atoms with E-state index in [4.69, 9.17) is 47.4 Å². The van der Waals surface area contributed by atoms with Gasteiger partial charge in [0.1, 0.15) is 25.4 Å². The highest BCUT2D eigenvalue weighted by Crippen LogP contribution is 2.42. The van der Waals surface area contributed by atoms with Crippen LogP contribution in [0.2, 0.25) is 0 Å². The number of ether oxygens (including phenoxy) is 10. The number of carbonyl (C=O) groups excluding carboxylic acids is 7. The van der Waals surface area contributed by atoms with Crippen molar-refractivity contribution < 1.29 is 86.0 Å². The van der Waals surface area contributed by atoms with Crippen molar-refractivity contribution in [2.24, 2.45) is 0 Å². The minimum absolute atomic E-state index is 0.000675. The Bertz CT molecular complexity index is 2050. The van der Waals surface area contributed by atoms with Crippen molar-refractivity contribution in [1.29, 1.82) is 0 Å². The van der Waals surface area contributed by atoms with Crippen molar-refractivity contribution in [3.05, 3.63) is 0 Å². The van der Waals surface area contributed by atoms with Gasteiger partial charge in [-0.3, -0.25) is 33.6 Å². The zero-order chi connectivity index (χ0) is 73.0. The van der Waals surface area contributed by atoms with E-state index >= 15 is 0 Å². The molecule has 0 spiro atoms. The van der Waals surface area contributed by atoms with E-state index in [1.807, 2.05) is 0 Å². The molecule has 2 rings (SSSR count). The number of hydrogen-bond donors (Lipinski definition) is 1. The lowest BCUT2D eigenvalue weighted by molar-refractivity contribution is -0.384. The second-order valence-corrected chi connectivity index (χ2v) is 29.0. The molecule has 2 saturated heterocycles. The number of unbranched alkanes of at least 4 members (excludes halogenated alkanes) is 42. The quantitative estimate of drug-likeness (QED) is 0.0339. The number of carbonyl (C=O) groups is 7. The van der Waals surface area contributed by atoms with Crippen LogP contribution in [0.15, 0.2) is 0 Å². The molecular formula is C82H148O18. The van der Waals surface area contributed by atoms with E-state index in [1.165, 1.54) is 0 Å². The summed E-state index contributed by atoms with van der Waals surface area (Å²) in [5, 5.41) is 11.5. The molecule has 100 heavy (non-hydrogen) atoms. The van der Waals surface area contributed by atoms with Crippen molar-refractivity contribution >= 4 is 41.8 Å². The first kappa shape index (κ1) is 92.2. The number of aliphatic hydroxyl groups is 1. The molecule has 0 radical (unpaired) electrons. The average molecular weight is 1420 g/mol. The molecule has 0 unspecified atom stereocenters. The van der Waals surface area contributed by atoms with E-state index in [1.54, 1.807) is 0 Å². The lowest BCUT2D eigenvalue weighted by atomic mass is 9.97. The summed E-state index contributed by atoms with van der Waals surface area (Å²) in [6, 6.07) is 0. The van der Waals surface area contributed by atoms with Crippen LogP contribution in [0.3, 0.4) is 0 Å². The summed E-state index contributed by atoms with van der Waals surface area (Å²) in [6.45, 7) is 13.0. The summed E-state index contributed by atoms with van der Waals surface area (Å²) >= 11 is 0. The zero-order valence-electron chi connectivity index (χ0n) is 64.7. The van der Waals surface area contributed by atoms with Crippen LogP contribution in [-0.2, 0) is 80.9 Å². The second kappa shape index (κ2) is 62.5. The summed E-state index contributed by atoms with van der Waals surface area (Å²) < 4.78 is 65.4. The smallest absolute Gasteiger partial charge is 0.306 e. The molecule has 0 aromatic rings. The van der Waals surface area contributed by atoms with Gasteiger partial charge < -0.3 is 52.5 Å². The molecule has 2 fully saturated rings. The zero-order valence-corrected chi connectivity index (χ0v) is 64.7. The average Bonchev–Trinajstić information content (AvgIpc) is 1.53.